The SMILES string of the molecule is CCCC1CC=C2OC(=O)C34C=C(CCC23C2(OC(=O)c3c(CCCN)cccc32)C4CCC)C2CC(C)CC3=C2N2CC4CC(CN1C4)C2C=C3. The summed E-state index contributed by atoms with van der Waals surface area (Å²) in [6.07, 6.45) is 21.3. The van der Waals surface area contributed by atoms with Gasteiger partial charge >= 0.3 is 11.9 Å². The molecule has 3 saturated heterocycles. The lowest BCUT2D eigenvalue weighted by atomic mass is 9.31. The number of allylic oxidation sites excluding steroid dienone is 3. The van der Waals surface area contributed by atoms with Gasteiger partial charge in [0.25, 0.3) is 0 Å². The summed E-state index contributed by atoms with van der Waals surface area (Å²) in [5.74, 6) is 2.40. The Kier molecular flexibility index (Phi) is 7.66. The van der Waals surface area contributed by atoms with Gasteiger partial charge in [0, 0.05) is 48.8 Å². The van der Waals surface area contributed by atoms with Crippen LogP contribution in [0.1, 0.15) is 113 Å². The minimum absolute atomic E-state index is 0.121. The number of aryl methyl sites for hydroxylation is 1. The van der Waals surface area contributed by atoms with Crippen molar-refractivity contribution >= 4 is 11.9 Å². The van der Waals surface area contributed by atoms with Crippen LogP contribution in [0.5, 0.6) is 0 Å². The molecule has 13 rings (SSSR count). The van der Waals surface area contributed by atoms with Crippen LogP contribution in [0.3, 0.4) is 0 Å². The molecule has 3 aliphatic carbocycles. The molecule has 9 heterocycles. The van der Waals surface area contributed by atoms with E-state index in [1.807, 2.05) is 0 Å². The van der Waals surface area contributed by atoms with Crippen molar-refractivity contribution in [3.05, 3.63) is 81.8 Å². The average molecular weight is 704 g/mol. The predicted molar refractivity (Wildman–Crippen MR) is 201 cm³/mol. The van der Waals surface area contributed by atoms with Crippen molar-refractivity contribution in [1.29, 1.82) is 0 Å². The van der Waals surface area contributed by atoms with Gasteiger partial charge in [0.15, 0.2) is 5.60 Å². The Morgan fingerprint density at radius 1 is 1.06 bits per heavy atom. The lowest BCUT2D eigenvalue weighted by molar-refractivity contribution is -0.271. The van der Waals surface area contributed by atoms with Crippen LogP contribution in [0.4, 0.5) is 0 Å². The molecule has 11 unspecified atom stereocenters. The Bertz CT molecular complexity index is 1840. The second-order valence-corrected chi connectivity index (χ2v) is 18.2. The number of hydrogen-bond donors (Lipinski definition) is 1. The van der Waals surface area contributed by atoms with Gasteiger partial charge in [-0.3, -0.25) is 9.69 Å². The van der Waals surface area contributed by atoms with Crippen LogP contribution >= 0.6 is 0 Å². The number of carbonyl (C=O) groups excluding carboxylic acids is 2. The van der Waals surface area contributed by atoms with Crippen molar-refractivity contribution in [2.45, 2.75) is 116 Å². The number of fused-ring (bicyclic) bond motifs is 2. The molecular formula is C45H57N3O4. The molecule has 4 fully saturated rings. The molecule has 10 bridgehead atoms. The summed E-state index contributed by atoms with van der Waals surface area (Å²) in [6, 6.07) is 7.14. The number of nitrogens with zero attached hydrogens (tertiary/aromatic N) is 2. The first-order valence-electron chi connectivity index (χ1n) is 20.9. The Balaban J connectivity index is 1.21. The maximum Gasteiger partial charge on any atom is 0.339 e. The van der Waals surface area contributed by atoms with Crippen molar-refractivity contribution < 1.29 is 19.1 Å². The Morgan fingerprint density at radius 3 is 2.75 bits per heavy atom. The average Bonchev–Trinajstić information content (AvgIpc) is 3.58. The Labute approximate surface area is 309 Å². The van der Waals surface area contributed by atoms with Gasteiger partial charge in [-0.05, 0) is 106 Å². The maximum atomic E-state index is 15.0. The van der Waals surface area contributed by atoms with Crippen LogP contribution in [0.15, 0.2) is 65.1 Å². The highest BCUT2D eigenvalue weighted by Crippen LogP contribution is 2.84. The van der Waals surface area contributed by atoms with Crippen LogP contribution in [-0.4, -0.2) is 60.0 Å². The van der Waals surface area contributed by atoms with Crippen molar-refractivity contribution in [3.8, 4) is 0 Å². The highest BCUT2D eigenvalue weighted by Gasteiger charge is 2.91. The molecule has 2 N–H and O–H groups in total. The molecule has 276 valence electrons. The molecular weight excluding hydrogens is 647 g/mol. The fourth-order valence-corrected chi connectivity index (χ4v) is 13.8. The first-order valence-corrected chi connectivity index (χ1v) is 20.9. The van der Waals surface area contributed by atoms with Crippen LogP contribution in [0, 0.1) is 40.4 Å². The summed E-state index contributed by atoms with van der Waals surface area (Å²) < 4.78 is 13.7. The third-order valence-electron chi connectivity index (χ3n) is 15.5. The second kappa shape index (κ2) is 11.9. The normalized spacial score (nSPS) is 42.0. The zero-order chi connectivity index (χ0) is 35.6. The van der Waals surface area contributed by atoms with E-state index in [-0.39, 0.29) is 17.9 Å². The fraction of sp³-hybridized carbons (Fsp3) is 0.644. The highest BCUT2D eigenvalue weighted by atomic mass is 16.6. The zero-order valence-corrected chi connectivity index (χ0v) is 31.5. The molecule has 52 heavy (non-hydrogen) atoms. The lowest BCUT2D eigenvalue weighted by Crippen LogP contribution is -2.75. The molecule has 0 radical (unpaired) electrons. The number of hydrogen-bond acceptors (Lipinski definition) is 7. The van der Waals surface area contributed by atoms with E-state index in [0.29, 0.717) is 47.9 Å². The van der Waals surface area contributed by atoms with Crippen LogP contribution in [-0.2, 0) is 26.3 Å². The van der Waals surface area contributed by atoms with E-state index in [4.69, 9.17) is 15.2 Å². The highest BCUT2D eigenvalue weighted by molar-refractivity contribution is 5.99. The summed E-state index contributed by atoms with van der Waals surface area (Å²) in [4.78, 5) is 35.0. The van der Waals surface area contributed by atoms with Crippen molar-refractivity contribution in [2.75, 3.05) is 26.2 Å². The van der Waals surface area contributed by atoms with Gasteiger partial charge in [-0.15, -0.1) is 0 Å². The van der Waals surface area contributed by atoms with E-state index in [9.17, 15) is 4.79 Å². The summed E-state index contributed by atoms with van der Waals surface area (Å²) in [7, 11) is 0. The summed E-state index contributed by atoms with van der Waals surface area (Å²) in [6.45, 7) is 10.9. The molecule has 0 amide bonds. The molecule has 1 aromatic rings. The van der Waals surface area contributed by atoms with Gasteiger partial charge in [0.2, 0.25) is 0 Å². The van der Waals surface area contributed by atoms with Gasteiger partial charge < -0.3 is 20.1 Å². The first-order chi connectivity index (χ1) is 25.3. The first kappa shape index (κ1) is 33.4. The Morgan fingerprint density at radius 2 is 1.92 bits per heavy atom. The maximum absolute atomic E-state index is 15.0. The largest absolute Gasteiger partial charge is 0.449 e. The topological polar surface area (TPSA) is 85.1 Å². The van der Waals surface area contributed by atoms with Gasteiger partial charge in [-0.1, -0.05) is 75.6 Å². The molecule has 0 aromatic heterocycles. The number of carbonyl (C=O) groups is 2. The van der Waals surface area contributed by atoms with Gasteiger partial charge in [-0.25, -0.2) is 4.79 Å². The molecule has 9 aliphatic heterocycles. The van der Waals surface area contributed by atoms with E-state index >= 15 is 4.79 Å². The summed E-state index contributed by atoms with van der Waals surface area (Å²) >= 11 is 0. The minimum Gasteiger partial charge on any atom is -0.449 e. The molecule has 12 aliphatic rings. The van der Waals surface area contributed by atoms with E-state index in [1.165, 1.54) is 17.6 Å². The molecule has 1 saturated carbocycles. The Hall–Kier alpha value is -3.16. The molecule has 7 heteroatoms. The van der Waals surface area contributed by atoms with Crippen LogP contribution in [0.2, 0.25) is 0 Å². The quantitative estimate of drug-likeness (QED) is 0.232. The lowest BCUT2D eigenvalue weighted by Gasteiger charge is -2.69. The van der Waals surface area contributed by atoms with Crippen molar-refractivity contribution in [2.24, 2.45) is 46.2 Å². The van der Waals surface area contributed by atoms with Gasteiger partial charge in [0.1, 0.15) is 11.2 Å². The van der Waals surface area contributed by atoms with Crippen molar-refractivity contribution in [1.82, 2.24) is 9.80 Å². The van der Waals surface area contributed by atoms with E-state index < -0.39 is 16.4 Å². The van der Waals surface area contributed by atoms with Gasteiger partial charge in [0.05, 0.1) is 17.0 Å². The fourth-order valence-electron chi connectivity index (χ4n) is 13.8. The van der Waals surface area contributed by atoms with Gasteiger partial charge in [-0.2, -0.15) is 0 Å². The van der Waals surface area contributed by atoms with E-state index in [0.717, 1.165) is 107 Å². The van der Waals surface area contributed by atoms with E-state index in [1.54, 1.807) is 5.70 Å². The number of esters is 2. The van der Waals surface area contributed by atoms with E-state index in [2.05, 4.69) is 73.1 Å². The molecule has 2 spiro atoms. The monoisotopic (exact) mass is 703 g/mol. The number of benzene rings is 1. The number of rotatable bonds is 7. The van der Waals surface area contributed by atoms with Crippen LogP contribution in [0.25, 0.3) is 0 Å². The van der Waals surface area contributed by atoms with Crippen molar-refractivity contribution in [3.63, 3.8) is 0 Å². The third-order valence-corrected chi connectivity index (χ3v) is 15.5. The number of piperidine rings is 2. The minimum atomic E-state index is -0.938. The summed E-state index contributed by atoms with van der Waals surface area (Å²) in [5.41, 5.74) is 10.6. The molecule has 11 atom stereocenters. The standard InChI is InChI=1S/C45H57N3O4/c1-4-8-33-14-16-38-44-18-17-31(34-21-27(3)20-30-13-15-36-32-22-28(24-47(33)26-32)25-48(36)40(30)34)23-43(44,42(50)51-38)37(9-5-2)45(44)35-12-6-10-29(11-7-19-46)39(35)41(49)52-45/h6,10,12-13,15-16,23,27-28,32-34,36-37H,4-5,7-9,11,14,17-22,24-26,46H2,1-3H3. The predicted octanol–water partition coefficient (Wildman–Crippen LogP) is 7.57. The molecule has 7 nitrogen and oxygen atoms in total. The molecule has 1 aromatic carbocycles. The van der Waals surface area contributed by atoms with Crippen LogP contribution < -0.4 is 5.73 Å². The zero-order valence-electron chi connectivity index (χ0n) is 31.5. The number of nitrogens with two attached hydrogens (primary N) is 1. The summed E-state index contributed by atoms with van der Waals surface area (Å²) in [5, 5.41) is 0. The third kappa shape index (κ3) is 4.11. The number of ether oxygens (including phenoxy) is 2. The second-order valence-electron chi connectivity index (χ2n) is 18.2. The smallest absolute Gasteiger partial charge is 0.339 e.